The second-order valence-corrected chi connectivity index (χ2v) is 6.38. The van der Waals surface area contributed by atoms with Gasteiger partial charge in [0.05, 0.1) is 5.69 Å². The van der Waals surface area contributed by atoms with E-state index < -0.39 is 0 Å². The van der Waals surface area contributed by atoms with Crippen molar-refractivity contribution in [3.05, 3.63) is 70.0 Å². The van der Waals surface area contributed by atoms with Crippen molar-refractivity contribution in [3.63, 3.8) is 0 Å². The largest absolute Gasteiger partial charge is 0.454 e. The molecule has 0 saturated heterocycles. The molecule has 2 aromatic heterocycles. The van der Waals surface area contributed by atoms with E-state index in [1.807, 2.05) is 0 Å². The van der Waals surface area contributed by atoms with Crippen LogP contribution in [0.25, 0.3) is 28.7 Å². The van der Waals surface area contributed by atoms with Crippen molar-refractivity contribution in [3.8, 4) is 40.2 Å². The molecule has 1 aliphatic rings. The number of hydrogen-bond acceptors (Lipinski definition) is 7. The zero-order chi connectivity index (χ0) is 19.1. The molecule has 1 aliphatic heterocycles. The summed E-state index contributed by atoms with van der Waals surface area (Å²) in [5, 5.41) is 8.89. The molecule has 0 fully saturated rings. The summed E-state index contributed by atoms with van der Waals surface area (Å²) in [6.07, 6.45) is 1.56. The van der Waals surface area contributed by atoms with Gasteiger partial charge in [-0.3, -0.25) is 4.79 Å². The number of nitrogens with zero attached hydrogens (tertiary/aromatic N) is 4. The van der Waals surface area contributed by atoms with Crippen LogP contribution in [0.15, 0.2) is 64.0 Å². The molecule has 0 aliphatic carbocycles. The molecule has 0 radical (unpaired) electrons. The number of ether oxygens (including phenoxy) is 2. The quantitative estimate of drug-likeness (QED) is 0.526. The van der Waals surface area contributed by atoms with Crippen LogP contribution in [-0.4, -0.2) is 26.7 Å². The maximum absolute atomic E-state index is 12.3. The third kappa shape index (κ3) is 2.89. The van der Waals surface area contributed by atoms with Crippen molar-refractivity contribution in [2.75, 3.05) is 6.79 Å². The lowest BCUT2D eigenvalue weighted by Crippen LogP contribution is -2.12. The highest BCUT2D eigenvalue weighted by atomic mass is 35.5. The second-order valence-electron chi connectivity index (χ2n) is 5.94. The number of aromatic nitrogens is 4. The highest BCUT2D eigenvalue weighted by molar-refractivity contribution is 6.30. The van der Waals surface area contributed by atoms with Gasteiger partial charge in [0.2, 0.25) is 18.0 Å². The van der Waals surface area contributed by atoms with Gasteiger partial charge in [0.15, 0.2) is 17.2 Å². The summed E-state index contributed by atoms with van der Waals surface area (Å²) in [5.41, 5.74) is 1.14. The fourth-order valence-corrected chi connectivity index (χ4v) is 2.89. The molecule has 0 N–H and O–H groups in total. The minimum Gasteiger partial charge on any atom is -0.454 e. The Kier molecular flexibility index (Phi) is 3.84. The zero-order valence-electron chi connectivity index (χ0n) is 14.2. The lowest BCUT2D eigenvalue weighted by molar-refractivity contribution is 0.174. The molecular weight excluding hydrogens is 384 g/mol. The van der Waals surface area contributed by atoms with Gasteiger partial charge in [0.1, 0.15) is 0 Å². The molecule has 28 heavy (non-hydrogen) atoms. The lowest BCUT2D eigenvalue weighted by atomic mass is 10.2. The van der Waals surface area contributed by atoms with Crippen LogP contribution in [0.3, 0.4) is 0 Å². The fraction of sp³-hybridized carbons (Fsp3) is 0.0526. The van der Waals surface area contributed by atoms with Crippen LogP contribution in [-0.2, 0) is 0 Å². The summed E-state index contributed by atoms with van der Waals surface area (Å²) in [5.74, 6) is 1.60. The summed E-state index contributed by atoms with van der Waals surface area (Å²) in [6.45, 7) is 0.175. The Hall–Kier alpha value is -3.65. The van der Waals surface area contributed by atoms with Crippen molar-refractivity contribution in [2.24, 2.45) is 0 Å². The predicted octanol–water partition coefficient (Wildman–Crippen LogP) is 3.33. The third-order valence-electron chi connectivity index (χ3n) is 4.16. The third-order valence-corrected chi connectivity index (χ3v) is 4.41. The first-order valence-electron chi connectivity index (χ1n) is 8.27. The minimum absolute atomic E-state index is 0.0287. The normalized spacial score (nSPS) is 12.3. The number of fused-ring (bicyclic) bond motifs is 1. The Labute approximate surface area is 162 Å². The molecule has 0 atom stereocenters. The summed E-state index contributed by atoms with van der Waals surface area (Å²) >= 11 is 5.92. The number of rotatable bonds is 3. The standard InChI is InChI=1S/C19H11ClN4O4/c20-12-2-4-13(5-3-12)24-8-7-14(25)17(22-24)19-21-18(23-28-19)11-1-6-15-16(9-11)27-10-26-15/h1-9H,10H2. The van der Waals surface area contributed by atoms with Crippen molar-refractivity contribution in [1.29, 1.82) is 0 Å². The highest BCUT2D eigenvalue weighted by Gasteiger charge is 2.19. The van der Waals surface area contributed by atoms with E-state index in [2.05, 4.69) is 15.2 Å². The Morgan fingerprint density at radius 2 is 1.82 bits per heavy atom. The first-order valence-corrected chi connectivity index (χ1v) is 8.65. The molecule has 0 saturated carbocycles. The number of benzene rings is 2. The van der Waals surface area contributed by atoms with E-state index in [-0.39, 0.29) is 23.8 Å². The van der Waals surface area contributed by atoms with E-state index in [0.29, 0.717) is 27.9 Å². The van der Waals surface area contributed by atoms with Crippen LogP contribution in [0.2, 0.25) is 5.02 Å². The van der Waals surface area contributed by atoms with Gasteiger partial charge >= 0.3 is 0 Å². The molecule has 138 valence electrons. The molecule has 0 bridgehead atoms. The Morgan fingerprint density at radius 3 is 2.68 bits per heavy atom. The van der Waals surface area contributed by atoms with Crippen LogP contribution in [0.5, 0.6) is 11.5 Å². The summed E-state index contributed by atoms with van der Waals surface area (Å²) in [7, 11) is 0. The highest BCUT2D eigenvalue weighted by Crippen LogP contribution is 2.35. The summed E-state index contributed by atoms with van der Waals surface area (Å²) < 4.78 is 17.5. The van der Waals surface area contributed by atoms with Crippen molar-refractivity contribution in [2.45, 2.75) is 0 Å². The van der Waals surface area contributed by atoms with E-state index in [9.17, 15) is 4.79 Å². The molecule has 9 heteroatoms. The molecule has 8 nitrogen and oxygen atoms in total. The monoisotopic (exact) mass is 394 g/mol. The first kappa shape index (κ1) is 16.5. The van der Waals surface area contributed by atoms with Gasteiger partial charge in [-0.05, 0) is 42.5 Å². The van der Waals surface area contributed by atoms with E-state index in [4.69, 9.17) is 25.6 Å². The van der Waals surface area contributed by atoms with E-state index in [1.165, 1.54) is 10.7 Å². The van der Waals surface area contributed by atoms with Gasteiger partial charge in [0, 0.05) is 22.8 Å². The van der Waals surface area contributed by atoms with E-state index >= 15 is 0 Å². The SMILES string of the molecule is O=c1ccn(-c2ccc(Cl)cc2)nc1-c1nc(-c2ccc3c(c2)OCO3)no1. The van der Waals surface area contributed by atoms with Gasteiger partial charge < -0.3 is 14.0 Å². The molecule has 5 rings (SSSR count). The number of halogens is 1. The molecule has 3 heterocycles. The first-order chi connectivity index (χ1) is 13.7. The molecule has 2 aromatic carbocycles. The maximum atomic E-state index is 12.3. The topological polar surface area (TPSA) is 92.3 Å². The van der Waals surface area contributed by atoms with Crippen LogP contribution in [0, 0.1) is 0 Å². The summed E-state index contributed by atoms with van der Waals surface area (Å²) in [6, 6.07) is 13.7. The average Bonchev–Trinajstić information content (AvgIpc) is 3.38. The molecule has 0 unspecified atom stereocenters. The van der Waals surface area contributed by atoms with Crippen LogP contribution >= 0.6 is 11.6 Å². The fourth-order valence-electron chi connectivity index (χ4n) is 2.77. The van der Waals surface area contributed by atoms with Gasteiger partial charge in [-0.25, -0.2) is 4.68 Å². The Morgan fingerprint density at radius 1 is 1.00 bits per heavy atom. The smallest absolute Gasteiger partial charge is 0.282 e. The molecule has 4 aromatic rings. The maximum Gasteiger partial charge on any atom is 0.282 e. The Balaban J connectivity index is 1.52. The molecular formula is C19H11ClN4O4. The van der Waals surface area contributed by atoms with Crippen molar-refractivity contribution < 1.29 is 14.0 Å². The van der Waals surface area contributed by atoms with Gasteiger partial charge in [-0.15, -0.1) is 0 Å². The Bertz CT molecular complexity index is 1230. The lowest BCUT2D eigenvalue weighted by Gasteiger charge is -2.05. The summed E-state index contributed by atoms with van der Waals surface area (Å²) in [4.78, 5) is 16.6. The van der Waals surface area contributed by atoms with Gasteiger partial charge in [-0.1, -0.05) is 16.8 Å². The van der Waals surface area contributed by atoms with Gasteiger partial charge in [-0.2, -0.15) is 10.1 Å². The van der Waals surface area contributed by atoms with Crippen LogP contribution < -0.4 is 14.9 Å². The van der Waals surface area contributed by atoms with Crippen LogP contribution in [0.4, 0.5) is 0 Å². The zero-order valence-corrected chi connectivity index (χ0v) is 15.0. The van der Waals surface area contributed by atoms with Gasteiger partial charge in [0.25, 0.3) is 5.89 Å². The van der Waals surface area contributed by atoms with Crippen LogP contribution in [0.1, 0.15) is 0 Å². The van der Waals surface area contributed by atoms with E-state index in [1.54, 1.807) is 48.7 Å². The average molecular weight is 395 g/mol. The molecule has 0 amide bonds. The molecule has 0 spiro atoms. The minimum atomic E-state index is -0.328. The predicted molar refractivity (Wildman–Crippen MR) is 99.7 cm³/mol. The second kappa shape index (κ2) is 6.50. The van der Waals surface area contributed by atoms with Crippen molar-refractivity contribution in [1.82, 2.24) is 19.9 Å². The van der Waals surface area contributed by atoms with E-state index in [0.717, 1.165) is 5.69 Å². The van der Waals surface area contributed by atoms with Crippen molar-refractivity contribution >= 4 is 11.6 Å². The number of hydrogen-bond donors (Lipinski definition) is 0.